The van der Waals surface area contributed by atoms with Crippen molar-refractivity contribution >= 4 is 9.24 Å². The zero-order valence-electron chi connectivity index (χ0n) is 6.46. The summed E-state index contributed by atoms with van der Waals surface area (Å²) in [6.45, 7) is 1.90. The van der Waals surface area contributed by atoms with Crippen LogP contribution in [0.2, 0.25) is 0 Å². The molecule has 1 atom stereocenters. The molecule has 0 bridgehead atoms. The SMILES string of the molecule is PCCNCc1ccccn1. The van der Waals surface area contributed by atoms with E-state index in [4.69, 9.17) is 0 Å². The molecular formula is C8H13N2P. The molecule has 0 aliphatic carbocycles. The fraction of sp³-hybridized carbons (Fsp3) is 0.375. The minimum Gasteiger partial charge on any atom is -0.311 e. The second kappa shape index (κ2) is 5.22. The van der Waals surface area contributed by atoms with Crippen molar-refractivity contribution in [1.82, 2.24) is 10.3 Å². The maximum absolute atomic E-state index is 4.18. The van der Waals surface area contributed by atoms with Gasteiger partial charge < -0.3 is 5.32 Å². The first-order valence-electron chi connectivity index (χ1n) is 3.74. The Hall–Kier alpha value is -0.460. The molecule has 1 unspecified atom stereocenters. The lowest BCUT2D eigenvalue weighted by Crippen LogP contribution is -2.16. The molecule has 1 aromatic heterocycles. The highest BCUT2D eigenvalue weighted by molar-refractivity contribution is 7.16. The van der Waals surface area contributed by atoms with Crippen molar-refractivity contribution in [3.63, 3.8) is 0 Å². The van der Waals surface area contributed by atoms with Gasteiger partial charge in [0.2, 0.25) is 0 Å². The van der Waals surface area contributed by atoms with Crippen molar-refractivity contribution in [2.45, 2.75) is 6.54 Å². The molecule has 1 aromatic rings. The Morgan fingerprint density at radius 2 is 2.36 bits per heavy atom. The third-order valence-corrected chi connectivity index (χ3v) is 1.64. The van der Waals surface area contributed by atoms with Gasteiger partial charge in [-0.3, -0.25) is 4.98 Å². The molecule has 0 aliphatic rings. The quantitative estimate of drug-likeness (QED) is 0.537. The number of hydrogen-bond donors (Lipinski definition) is 1. The molecule has 0 aliphatic heterocycles. The summed E-state index contributed by atoms with van der Waals surface area (Å²) >= 11 is 0. The van der Waals surface area contributed by atoms with Gasteiger partial charge in [0.15, 0.2) is 0 Å². The maximum Gasteiger partial charge on any atom is 0.0541 e. The Bertz CT molecular complexity index is 189. The number of pyridine rings is 1. The summed E-state index contributed by atoms with van der Waals surface area (Å²) < 4.78 is 0. The summed E-state index contributed by atoms with van der Waals surface area (Å²) in [7, 11) is 2.68. The Morgan fingerprint density at radius 3 is 3.00 bits per heavy atom. The zero-order chi connectivity index (χ0) is 7.94. The van der Waals surface area contributed by atoms with Crippen molar-refractivity contribution in [1.29, 1.82) is 0 Å². The molecule has 0 fully saturated rings. The van der Waals surface area contributed by atoms with Crippen molar-refractivity contribution in [3.05, 3.63) is 30.1 Å². The predicted molar refractivity (Wildman–Crippen MR) is 50.5 cm³/mol. The molecule has 0 saturated carbocycles. The van der Waals surface area contributed by atoms with Gasteiger partial charge in [0, 0.05) is 12.7 Å². The smallest absolute Gasteiger partial charge is 0.0541 e. The van der Waals surface area contributed by atoms with E-state index in [0.29, 0.717) is 0 Å². The maximum atomic E-state index is 4.18. The van der Waals surface area contributed by atoms with Crippen LogP contribution in [0.4, 0.5) is 0 Å². The van der Waals surface area contributed by atoms with Crippen LogP contribution in [0.1, 0.15) is 5.69 Å². The Balaban J connectivity index is 2.28. The lowest BCUT2D eigenvalue weighted by atomic mass is 10.3. The molecule has 3 heteroatoms. The van der Waals surface area contributed by atoms with Gasteiger partial charge in [-0.1, -0.05) is 6.07 Å². The summed E-state index contributed by atoms with van der Waals surface area (Å²) in [4.78, 5) is 4.18. The van der Waals surface area contributed by atoms with Gasteiger partial charge in [-0.05, 0) is 24.8 Å². The second-order valence-corrected chi connectivity index (χ2v) is 2.86. The summed E-state index contributed by atoms with van der Waals surface area (Å²) in [5.74, 6) is 0. The highest BCUT2D eigenvalue weighted by Gasteiger charge is 1.89. The van der Waals surface area contributed by atoms with Gasteiger partial charge >= 0.3 is 0 Å². The number of aromatic nitrogens is 1. The first-order chi connectivity index (χ1) is 5.43. The topological polar surface area (TPSA) is 24.9 Å². The van der Waals surface area contributed by atoms with Gasteiger partial charge in [-0.2, -0.15) is 0 Å². The van der Waals surface area contributed by atoms with Crippen molar-refractivity contribution < 1.29 is 0 Å². The van der Waals surface area contributed by atoms with E-state index in [1.807, 2.05) is 24.4 Å². The number of nitrogens with one attached hydrogen (secondary N) is 1. The third kappa shape index (κ3) is 3.45. The van der Waals surface area contributed by atoms with Crippen LogP contribution < -0.4 is 5.32 Å². The van der Waals surface area contributed by atoms with Crippen molar-refractivity contribution in [2.24, 2.45) is 0 Å². The zero-order valence-corrected chi connectivity index (χ0v) is 7.61. The molecule has 2 nitrogen and oxygen atoms in total. The van der Waals surface area contributed by atoms with E-state index in [0.717, 1.165) is 24.9 Å². The van der Waals surface area contributed by atoms with Crippen LogP contribution in [-0.4, -0.2) is 17.7 Å². The number of nitrogens with zero attached hydrogens (tertiary/aromatic N) is 1. The van der Waals surface area contributed by atoms with E-state index in [2.05, 4.69) is 19.5 Å². The Morgan fingerprint density at radius 1 is 1.45 bits per heavy atom. The fourth-order valence-corrected chi connectivity index (χ4v) is 1.03. The molecule has 0 radical (unpaired) electrons. The van der Waals surface area contributed by atoms with Gasteiger partial charge in [0.05, 0.1) is 5.69 Å². The monoisotopic (exact) mass is 168 g/mol. The van der Waals surface area contributed by atoms with Gasteiger partial charge in [-0.25, -0.2) is 0 Å². The average molecular weight is 168 g/mol. The minimum atomic E-state index is 0.870. The lowest BCUT2D eigenvalue weighted by molar-refractivity contribution is 0.715. The molecule has 60 valence electrons. The first-order valence-corrected chi connectivity index (χ1v) is 4.56. The highest BCUT2D eigenvalue weighted by Crippen LogP contribution is 1.91. The fourth-order valence-electron chi connectivity index (χ4n) is 0.821. The normalized spacial score (nSPS) is 9.91. The molecule has 0 amide bonds. The van der Waals surface area contributed by atoms with Gasteiger partial charge in [-0.15, -0.1) is 9.24 Å². The number of rotatable bonds is 4. The standard InChI is InChI=1S/C8H13N2P/c11-6-5-9-7-8-3-1-2-4-10-8/h1-4,9H,5-7,11H2. The lowest BCUT2D eigenvalue weighted by Gasteiger charge is -2.00. The molecule has 0 aromatic carbocycles. The molecule has 0 spiro atoms. The second-order valence-electron chi connectivity index (χ2n) is 2.29. The van der Waals surface area contributed by atoms with Crippen LogP contribution in [0, 0.1) is 0 Å². The predicted octanol–water partition coefficient (Wildman–Crippen LogP) is 1.05. The van der Waals surface area contributed by atoms with Crippen LogP contribution in [0.5, 0.6) is 0 Å². The summed E-state index contributed by atoms with van der Waals surface area (Å²) in [6.07, 6.45) is 2.91. The largest absolute Gasteiger partial charge is 0.311 e. The molecular weight excluding hydrogens is 155 g/mol. The first kappa shape index (κ1) is 8.63. The van der Waals surface area contributed by atoms with E-state index in [1.54, 1.807) is 0 Å². The highest BCUT2D eigenvalue weighted by atomic mass is 31.0. The van der Waals surface area contributed by atoms with Crippen molar-refractivity contribution in [2.75, 3.05) is 12.7 Å². The molecule has 1 heterocycles. The van der Waals surface area contributed by atoms with Crippen molar-refractivity contribution in [3.8, 4) is 0 Å². The molecule has 11 heavy (non-hydrogen) atoms. The van der Waals surface area contributed by atoms with Gasteiger partial charge in [0.25, 0.3) is 0 Å². The summed E-state index contributed by atoms with van der Waals surface area (Å²) in [6, 6.07) is 5.96. The average Bonchev–Trinajstić information content (AvgIpc) is 2.07. The van der Waals surface area contributed by atoms with E-state index < -0.39 is 0 Å². The summed E-state index contributed by atoms with van der Waals surface area (Å²) in [5, 5.41) is 3.27. The minimum absolute atomic E-state index is 0.870. The molecule has 1 rings (SSSR count). The Kier molecular flexibility index (Phi) is 4.10. The van der Waals surface area contributed by atoms with E-state index in [-0.39, 0.29) is 0 Å². The summed E-state index contributed by atoms with van der Waals surface area (Å²) in [5.41, 5.74) is 1.10. The van der Waals surface area contributed by atoms with Crippen LogP contribution in [0.3, 0.4) is 0 Å². The van der Waals surface area contributed by atoms with E-state index >= 15 is 0 Å². The molecule has 0 saturated heterocycles. The van der Waals surface area contributed by atoms with E-state index in [9.17, 15) is 0 Å². The van der Waals surface area contributed by atoms with Crippen LogP contribution in [-0.2, 0) is 6.54 Å². The molecule has 1 N–H and O–H groups in total. The van der Waals surface area contributed by atoms with Crippen LogP contribution in [0.15, 0.2) is 24.4 Å². The van der Waals surface area contributed by atoms with Crippen LogP contribution >= 0.6 is 9.24 Å². The van der Waals surface area contributed by atoms with E-state index in [1.165, 1.54) is 0 Å². The third-order valence-electron chi connectivity index (χ3n) is 1.35. The van der Waals surface area contributed by atoms with Gasteiger partial charge in [0.1, 0.15) is 0 Å². The van der Waals surface area contributed by atoms with Crippen LogP contribution in [0.25, 0.3) is 0 Å². The Labute approximate surface area is 69.6 Å². The number of hydrogen-bond acceptors (Lipinski definition) is 2.